The predicted molar refractivity (Wildman–Crippen MR) is 110 cm³/mol. The molecule has 0 amide bonds. The molecule has 0 nitrogen and oxygen atoms in total. The van der Waals surface area contributed by atoms with Crippen LogP contribution in [-0.2, 0) is 0 Å². The van der Waals surface area contributed by atoms with Crippen molar-refractivity contribution in [3.8, 4) is 11.1 Å². The lowest BCUT2D eigenvalue weighted by Crippen LogP contribution is -2.13. The van der Waals surface area contributed by atoms with Gasteiger partial charge in [0.2, 0.25) is 0 Å². The SMILES string of the molecule is CCCCCC[C@H]1CC[C@H](c2ccc(-c3cc(F)c(C)c(F)c3F)c(F)c2)CC1. The lowest BCUT2D eigenvalue weighted by Gasteiger charge is -2.29. The van der Waals surface area contributed by atoms with Gasteiger partial charge in [-0.15, -0.1) is 0 Å². The van der Waals surface area contributed by atoms with Crippen molar-refractivity contribution in [2.75, 3.05) is 0 Å². The highest BCUT2D eigenvalue weighted by Gasteiger charge is 2.24. The summed E-state index contributed by atoms with van der Waals surface area (Å²) in [6, 6.07) is 5.51. The van der Waals surface area contributed by atoms with Crippen LogP contribution in [0.2, 0.25) is 0 Å². The van der Waals surface area contributed by atoms with Gasteiger partial charge in [0.15, 0.2) is 11.6 Å². The minimum absolute atomic E-state index is 0.103. The van der Waals surface area contributed by atoms with Gasteiger partial charge < -0.3 is 0 Å². The molecule has 29 heavy (non-hydrogen) atoms. The van der Waals surface area contributed by atoms with E-state index in [4.69, 9.17) is 0 Å². The smallest absolute Gasteiger partial charge is 0.167 e. The first kappa shape index (κ1) is 21.9. The van der Waals surface area contributed by atoms with E-state index in [1.165, 1.54) is 44.2 Å². The number of unbranched alkanes of at least 4 members (excludes halogenated alkanes) is 3. The Morgan fingerprint density at radius 3 is 2.17 bits per heavy atom. The molecule has 1 fully saturated rings. The highest BCUT2D eigenvalue weighted by atomic mass is 19.2. The quantitative estimate of drug-likeness (QED) is 0.246. The van der Waals surface area contributed by atoms with Crippen molar-refractivity contribution in [3.63, 3.8) is 0 Å². The van der Waals surface area contributed by atoms with E-state index >= 15 is 0 Å². The summed E-state index contributed by atoms with van der Waals surface area (Å²) in [7, 11) is 0. The van der Waals surface area contributed by atoms with Gasteiger partial charge in [0.1, 0.15) is 11.6 Å². The number of rotatable bonds is 7. The van der Waals surface area contributed by atoms with Gasteiger partial charge >= 0.3 is 0 Å². The third-order valence-corrected chi connectivity index (χ3v) is 6.46. The lowest BCUT2D eigenvalue weighted by molar-refractivity contribution is 0.302. The molecule has 3 rings (SSSR count). The summed E-state index contributed by atoms with van der Waals surface area (Å²) in [5.41, 5.74) is 0.0259. The monoisotopic (exact) mass is 406 g/mol. The molecule has 0 radical (unpaired) electrons. The maximum absolute atomic E-state index is 14.7. The van der Waals surface area contributed by atoms with E-state index in [2.05, 4.69) is 6.92 Å². The van der Waals surface area contributed by atoms with Gasteiger partial charge in [0.05, 0.1) is 0 Å². The molecule has 0 atom stereocenters. The maximum Gasteiger partial charge on any atom is 0.167 e. The Kier molecular flexibility index (Phi) is 7.37. The van der Waals surface area contributed by atoms with E-state index in [0.717, 1.165) is 50.2 Å². The van der Waals surface area contributed by atoms with E-state index in [1.807, 2.05) is 0 Å². The number of hydrogen-bond acceptors (Lipinski definition) is 0. The highest BCUT2D eigenvalue weighted by Crippen LogP contribution is 2.39. The second-order valence-corrected chi connectivity index (χ2v) is 8.47. The summed E-state index contributed by atoms with van der Waals surface area (Å²) in [6.07, 6.45) is 10.8. The molecule has 1 saturated carbocycles. The summed E-state index contributed by atoms with van der Waals surface area (Å²) in [4.78, 5) is 0. The van der Waals surface area contributed by atoms with Crippen LogP contribution in [0.5, 0.6) is 0 Å². The topological polar surface area (TPSA) is 0 Å². The van der Waals surface area contributed by atoms with Crippen molar-refractivity contribution in [2.24, 2.45) is 5.92 Å². The number of halogens is 4. The zero-order valence-electron chi connectivity index (χ0n) is 17.3. The van der Waals surface area contributed by atoms with Crippen LogP contribution in [0.1, 0.15) is 81.8 Å². The van der Waals surface area contributed by atoms with E-state index in [1.54, 1.807) is 6.07 Å². The van der Waals surface area contributed by atoms with Crippen LogP contribution in [0.15, 0.2) is 24.3 Å². The third kappa shape index (κ3) is 5.02. The normalized spacial score (nSPS) is 19.5. The molecule has 0 aromatic heterocycles. The maximum atomic E-state index is 14.7. The molecule has 1 aliphatic rings. The number of hydrogen-bond donors (Lipinski definition) is 0. The first-order valence-corrected chi connectivity index (χ1v) is 10.9. The van der Waals surface area contributed by atoms with Crippen molar-refractivity contribution in [1.29, 1.82) is 0 Å². The Bertz CT molecular complexity index is 835. The van der Waals surface area contributed by atoms with Gasteiger partial charge in [-0.1, -0.05) is 51.2 Å². The summed E-state index contributed by atoms with van der Waals surface area (Å²) in [6.45, 7) is 3.38. The van der Waals surface area contributed by atoms with Gasteiger partial charge in [0, 0.05) is 16.7 Å². The van der Waals surface area contributed by atoms with E-state index in [-0.39, 0.29) is 11.1 Å². The van der Waals surface area contributed by atoms with Crippen LogP contribution in [0, 0.1) is 36.1 Å². The van der Waals surface area contributed by atoms with Crippen LogP contribution in [0.4, 0.5) is 17.6 Å². The standard InChI is InChI=1S/C25H30F4/c1-3-4-5-6-7-17-8-10-18(11-9-17)19-12-13-20(23(27)14-19)21-15-22(26)16(2)24(28)25(21)29/h12-15,17-18H,3-11H2,1-2H3/t17-,18-. The Balaban J connectivity index is 1.68. The Hall–Kier alpha value is -1.84. The van der Waals surface area contributed by atoms with Crippen molar-refractivity contribution < 1.29 is 17.6 Å². The van der Waals surface area contributed by atoms with Gasteiger partial charge in [-0.2, -0.15) is 0 Å². The molecule has 158 valence electrons. The molecule has 0 N–H and O–H groups in total. The summed E-state index contributed by atoms with van der Waals surface area (Å²) in [5, 5.41) is 0. The molecule has 0 spiro atoms. The predicted octanol–water partition coefficient (Wildman–Crippen LogP) is 8.46. The Labute approximate surface area is 171 Å². The van der Waals surface area contributed by atoms with Crippen molar-refractivity contribution in [3.05, 3.63) is 58.7 Å². The molecule has 2 aromatic rings. The zero-order valence-corrected chi connectivity index (χ0v) is 17.3. The van der Waals surface area contributed by atoms with E-state index < -0.39 is 28.8 Å². The second kappa shape index (κ2) is 9.77. The highest BCUT2D eigenvalue weighted by molar-refractivity contribution is 5.66. The lowest BCUT2D eigenvalue weighted by atomic mass is 9.77. The zero-order chi connectivity index (χ0) is 21.0. The first-order chi connectivity index (χ1) is 13.9. The fourth-order valence-corrected chi connectivity index (χ4v) is 4.53. The van der Waals surface area contributed by atoms with Gasteiger partial charge in [0.25, 0.3) is 0 Å². The second-order valence-electron chi connectivity index (χ2n) is 8.47. The molecule has 4 heteroatoms. The summed E-state index contributed by atoms with van der Waals surface area (Å²) in [5.74, 6) is -2.92. The minimum atomic E-state index is -1.26. The fourth-order valence-electron chi connectivity index (χ4n) is 4.53. The molecule has 0 unspecified atom stereocenters. The first-order valence-electron chi connectivity index (χ1n) is 10.9. The van der Waals surface area contributed by atoms with Crippen molar-refractivity contribution in [2.45, 2.75) is 77.6 Å². The average molecular weight is 407 g/mol. The Morgan fingerprint density at radius 1 is 0.793 bits per heavy atom. The summed E-state index contributed by atoms with van der Waals surface area (Å²) >= 11 is 0. The summed E-state index contributed by atoms with van der Waals surface area (Å²) < 4.78 is 56.7. The van der Waals surface area contributed by atoms with Crippen LogP contribution in [-0.4, -0.2) is 0 Å². The van der Waals surface area contributed by atoms with Gasteiger partial charge in [-0.25, -0.2) is 17.6 Å². The van der Waals surface area contributed by atoms with Crippen molar-refractivity contribution >= 4 is 0 Å². The van der Waals surface area contributed by atoms with Gasteiger partial charge in [-0.3, -0.25) is 0 Å². The molecular formula is C25H30F4. The third-order valence-electron chi connectivity index (χ3n) is 6.46. The average Bonchev–Trinajstić information content (AvgIpc) is 2.73. The van der Waals surface area contributed by atoms with Crippen molar-refractivity contribution in [1.82, 2.24) is 0 Å². The molecule has 0 heterocycles. The fraction of sp³-hybridized carbons (Fsp3) is 0.520. The van der Waals surface area contributed by atoms with Gasteiger partial charge in [-0.05, 0) is 62.1 Å². The molecule has 0 aliphatic heterocycles. The number of benzene rings is 2. The minimum Gasteiger partial charge on any atom is -0.207 e. The van der Waals surface area contributed by atoms with Crippen LogP contribution < -0.4 is 0 Å². The van der Waals surface area contributed by atoms with Crippen LogP contribution in [0.3, 0.4) is 0 Å². The molecular weight excluding hydrogens is 376 g/mol. The van der Waals surface area contributed by atoms with Crippen LogP contribution in [0.25, 0.3) is 11.1 Å². The van der Waals surface area contributed by atoms with E-state index in [9.17, 15) is 17.6 Å². The molecule has 2 aromatic carbocycles. The van der Waals surface area contributed by atoms with E-state index in [0.29, 0.717) is 5.92 Å². The van der Waals surface area contributed by atoms with Crippen LogP contribution >= 0.6 is 0 Å². The largest absolute Gasteiger partial charge is 0.207 e. The molecule has 0 saturated heterocycles. The molecule has 0 bridgehead atoms. The molecule has 1 aliphatic carbocycles. The Morgan fingerprint density at radius 2 is 1.52 bits per heavy atom.